The normalized spacial score (nSPS) is 11.6. The Morgan fingerprint density at radius 2 is 1.68 bits per heavy atom. The second-order valence-corrected chi connectivity index (χ2v) is 8.04. The van der Waals surface area contributed by atoms with Crippen LogP contribution in [-0.4, -0.2) is 33.0 Å². The molecule has 134 valence electrons. The number of sulfonamides is 1. The van der Waals surface area contributed by atoms with E-state index in [0.29, 0.717) is 20.2 Å². The average molecular weight is 424 g/mol. The van der Waals surface area contributed by atoms with Gasteiger partial charge in [-0.2, -0.15) is 0 Å². The molecule has 0 aliphatic rings. The van der Waals surface area contributed by atoms with Crippen LogP contribution in [-0.2, 0) is 14.9 Å². The summed E-state index contributed by atoms with van der Waals surface area (Å²) in [6.07, 6.45) is 0. The molecule has 0 atom stereocenters. The summed E-state index contributed by atoms with van der Waals surface area (Å²) in [5.74, 6) is -0.550. The number of halogens is 3. The van der Waals surface area contributed by atoms with Gasteiger partial charge in [0.05, 0.1) is 12.1 Å². The number of nitrogens with one attached hydrogen (secondary N) is 1. The van der Waals surface area contributed by atoms with Crippen molar-refractivity contribution in [3.05, 3.63) is 57.0 Å². The first-order valence-corrected chi connectivity index (χ1v) is 9.32. The Morgan fingerprint density at radius 3 is 2.24 bits per heavy atom. The Kier molecular flexibility index (Phi) is 6.31. The van der Waals surface area contributed by atoms with Crippen LogP contribution in [0, 0.1) is 0 Å². The van der Waals surface area contributed by atoms with Crippen molar-refractivity contribution in [1.29, 1.82) is 0 Å². The lowest BCUT2D eigenvalue weighted by Gasteiger charge is -2.16. The third kappa shape index (κ3) is 4.63. The predicted octanol–water partition coefficient (Wildman–Crippen LogP) is 4.08. The molecular weight excluding hydrogens is 411 g/mol. The highest BCUT2D eigenvalue weighted by Crippen LogP contribution is 2.27. The van der Waals surface area contributed by atoms with Gasteiger partial charge < -0.3 is 5.32 Å². The van der Waals surface area contributed by atoms with Gasteiger partial charge in [-0.05, 0) is 36.4 Å². The van der Waals surface area contributed by atoms with Crippen molar-refractivity contribution in [3.8, 4) is 0 Å². The summed E-state index contributed by atoms with van der Waals surface area (Å²) in [6.45, 7) is 0. The summed E-state index contributed by atoms with van der Waals surface area (Å²) in [7, 11) is -1.59. The molecule has 0 aliphatic carbocycles. The fourth-order valence-electron chi connectivity index (χ4n) is 1.91. The van der Waals surface area contributed by atoms with Gasteiger partial charge >= 0.3 is 0 Å². The van der Waals surface area contributed by atoms with Gasteiger partial charge in [0.15, 0.2) is 0 Å². The molecule has 0 saturated carbocycles. The largest absolute Gasteiger partial charge is 0.322 e. The van der Waals surface area contributed by atoms with Crippen molar-refractivity contribution in [3.63, 3.8) is 0 Å². The lowest BCUT2D eigenvalue weighted by molar-refractivity contribution is -0.0258. The molecule has 6 nitrogen and oxygen atoms in total. The quantitative estimate of drug-likeness (QED) is 0.735. The predicted molar refractivity (Wildman–Crippen MR) is 97.8 cm³/mol. The number of carbonyl (C=O) groups is 1. The number of rotatable bonds is 5. The number of nitrogens with zero attached hydrogens (tertiary/aromatic N) is 1. The van der Waals surface area contributed by atoms with Crippen molar-refractivity contribution < 1.29 is 18.0 Å². The van der Waals surface area contributed by atoms with E-state index in [4.69, 9.17) is 39.6 Å². The van der Waals surface area contributed by atoms with Crippen molar-refractivity contribution in [2.24, 2.45) is 0 Å². The zero-order valence-corrected chi connectivity index (χ0v) is 16.2. The van der Waals surface area contributed by atoms with Crippen LogP contribution in [0.1, 0.15) is 10.4 Å². The van der Waals surface area contributed by atoms with E-state index < -0.39 is 15.9 Å². The highest BCUT2D eigenvalue weighted by atomic mass is 35.5. The molecule has 0 unspecified atom stereocenters. The molecule has 0 aliphatic heterocycles. The summed E-state index contributed by atoms with van der Waals surface area (Å²) in [5.41, 5.74) is 0.458. The van der Waals surface area contributed by atoms with E-state index in [0.717, 1.165) is 6.07 Å². The summed E-state index contributed by atoms with van der Waals surface area (Å²) < 4.78 is 25.4. The topological polar surface area (TPSA) is 75.7 Å². The third-order valence-electron chi connectivity index (χ3n) is 3.19. The maximum atomic E-state index is 12.4. The number of hydroxylamine groups is 1. The third-order valence-corrected chi connectivity index (χ3v) is 5.79. The summed E-state index contributed by atoms with van der Waals surface area (Å²) in [5, 5.41) is 3.26. The molecule has 0 fully saturated rings. The van der Waals surface area contributed by atoms with Gasteiger partial charge in [0.25, 0.3) is 15.9 Å². The number of anilines is 1. The van der Waals surface area contributed by atoms with Crippen LogP contribution >= 0.6 is 34.8 Å². The Balaban J connectivity index is 2.37. The van der Waals surface area contributed by atoms with E-state index in [1.165, 1.54) is 44.5 Å². The molecule has 2 aromatic carbocycles. The number of hydrogen-bond acceptors (Lipinski definition) is 4. The van der Waals surface area contributed by atoms with Crippen LogP contribution in [0.4, 0.5) is 5.69 Å². The van der Waals surface area contributed by atoms with Gasteiger partial charge in [0.1, 0.15) is 4.90 Å². The molecule has 1 N–H and O–H groups in total. The number of carbonyl (C=O) groups excluding carboxylic acids is 1. The van der Waals surface area contributed by atoms with Crippen LogP contribution in [0.3, 0.4) is 0 Å². The molecule has 0 spiro atoms. The first-order chi connectivity index (χ1) is 11.6. The Morgan fingerprint density at radius 1 is 1.08 bits per heavy atom. The highest BCUT2D eigenvalue weighted by molar-refractivity contribution is 7.89. The maximum Gasteiger partial charge on any atom is 0.266 e. The van der Waals surface area contributed by atoms with E-state index in [2.05, 4.69) is 5.32 Å². The molecule has 0 radical (unpaired) electrons. The van der Waals surface area contributed by atoms with Crippen LogP contribution in [0.5, 0.6) is 0 Å². The number of benzene rings is 2. The van der Waals surface area contributed by atoms with Crippen molar-refractivity contribution in [2.75, 3.05) is 19.5 Å². The van der Waals surface area contributed by atoms with E-state index >= 15 is 0 Å². The van der Waals surface area contributed by atoms with Gasteiger partial charge in [-0.25, -0.2) is 8.42 Å². The highest BCUT2D eigenvalue weighted by Gasteiger charge is 2.25. The number of amides is 1. The molecule has 2 aromatic rings. The minimum atomic E-state index is -4.01. The minimum absolute atomic E-state index is 0.0359. The van der Waals surface area contributed by atoms with E-state index in [-0.39, 0.29) is 15.5 Å². The standard InChI is InChI=1S/C15H13Cl3N2O4S/c1-20(24-2)25(22,23)14-5-9(3-4-13(14)18)15(21)19-12-7-10(16)6-11(17)8-12/h3-8H,1-2H3,(H,19,21). The molecule has 10 heteroatoms. The summed E-state index contributed by atoms with van der Waals surface area (Å²) in [4.78, 5) is 16.8. The molecule has 1 amide bonds. The van der Waals surface area contributed by atoms with Gasteiger partial charge in [-0.3, -0.25) is 9.63 Å². The van der Waals surface area contributed by atoms with E-state index in [1.807, 2.05) is 0 Å². The van der Waals surface area contributed by atoms with Crippen LogP contribution in [0.2, 0.25) is 15.1 Å². The van der Waals surface area contributed by atoms with Crippen molar-refractivity contribution in [1.82, 2.24) is 4.47 Å². The molecule has 2 rings (SSSR count). The molecule has 0 bridgehead atoms. The lowest BCUT2D eigenvalue weighted by atomic mass is 10.2. The Hall–Kier alpha value is -1.35. The fraction of sp³-hybridized carbons (Fsp3) is 0.133. The summed E-state index contributed by atoms with van der Waals surface area (Å²) in [6, 6.07) is 8.42. The van der Waals surface area contributed by atoms with Gasteiger partial charge in [-0.1, -0.05) is 39.3 Å². The smallest absolute Gasteiger partial charge is 0.266 e. The first-order valence-electron chi connectivity index (χ1n) is 6.75. The number of hydrogen-bond donors (Lipinski definition) is 1. The van der Waals surface area contributed by atoms with Gasteiger partial charge in [-0.15, -0.1) is 0 Å². The van der Waals surface area contributed by atoms with Crippen LogP contribution in [0.15, 0.2) is 41.3 Å². The molecule has 0 saturated heterocycles. The SMILES string of the molecule is CON(C)S(=O)(=O)c1cc(C(=O)Nc2cc(Cl)cc(Cl)c2)ccc1Cl. The van der Waals surface area contributed by atoms with Gasteiger partial charge in [0.2, 0.25) is 0 Å². The molecular formula is C15H13Cl3N2O4S. The zero-order valence-electron chi connectivity index (χ0n) is 13.1. The first kappa shape index (κ1) is 20.0. The fourth-order valence-corrected chi connectivity index (χ4v) is 3.91. The van der Waals surface area contributed by atoms with E-state index in [1.54, 1.807) is 0 Å². The van der Waals surface area contributed by atoms with Crippen LogP contribution < -0.4 is 5.32 Å². The average Bonchev–Trinajstić information content (AvgIpc) is 2.53. The van der Waals surface area contributed by atoms with E-state index in [9.17, 15) is 13.2 Å². The lowest BCUT2D eigenvalue weighted by Crippen LogP contribution is -2.26. The molecule has 0 heterocycles. The summed E-state index contributed by atoms with van der Waals surface area (Å²) >= 11 is 17.7. The van der Waals surface area contributed by atoms with Gasteiger partial charge in [0, 0.05) is 28.3 Å². The van der Waals surface area contributed by atoms with Crippen molar-refractivity contribution >= 4 is 56.4 Å². The Labute approximate surface area is 160 Å². The Bertz CT molecular complexity index is 899. The minimum Gasteiger partial charge on any atom is -0.322 e. The molecule has 25 heavy (non-hydrogen) atoms. The second-order valence-electron chi connectivity index (χ2n) is 4.85. The zero-order chi connectivity index (χ0) is 18.8. The van der Waals surface area contributed by atoms with Crippen molar-refractivity contribution in [2.45, 2.75) is 4.90 Å². The maximum absolute atomic E-state index is 12.4. The molecule has 0 aromatic heterocycles. The second kappa shape index (κ2) is 7.90. The monoisotopic (exact) mass is 422 g/mol. The van der Waals surface area contributed by atoms with Crippen LogP contribution in [0.25, 0.3) is 0 Å².